The summed E-state index contributed by atoms with van der Waals surface area (Å²) in [5.41, 5.74) is 16.1. The first-order chi connectivity index (χ1) is 32.6. The molecule has 1 N–H and O–H groups in total. The summed E-state index contributed by atoms with van der Waals surface area (Å²) in [5.74, 6) is -0.346. The van der Waals surface area contributed by atoms with Gasteiger partial charge in [0.25, 0.3) is 0 Å². The van der Waals surface area contributed by atoms with Crippen LogP contribution < -0.4 is 10.7 Å². The number of aromatic nitrogens is 2. The highest BCUT2D eigenvalue weighted by atomic mass is 16.5. The molecule has 316 valence electrons. The zero-order valence-electron chi connectivity index (χ0n) is 36.1. The van der Waals surface area contributed by atoms with Gasteiger partial charge in [0.1, 0.15) is 13.2 Å². The number of carbonyl (C=O) groups is 1. The second kappa shape index (κ2) is 17.9. The minimum Gasteiger partial charge on any atom is -0.459 e. The largest absolute Gasteiger partial charge is 0.459 e. The Hall–Kier alpha value is -8.61. The minimum atomic E-state index is -0.346. The number of H-pyrrole nitrogens is 1. The third-order valence-electron chi connectivity index (χ3n) is 12.2. The average molecular weight is 853 g/mol. The van der Waals surface area contributed by atoms with Gasteiger partial charge in [-0.15, -0.1) is 0 Å². The van der Waals surface area contributed by atoms with E-state index in [-0.39, 0.29) is 19.1 Å². The molecule has 8 bridgehead atoms. The van der Waals surface area contributed by atoms with Crippen molar-refractivity contribution in [3.63, 3.8) is 0 Å². The fourth-order valence-corrected chi connectivity index (χ4v) is 9.25. The van der Waals surface area contributed by atoms with Crippen molar-refractivity contribution in [2.75, 3.05) is 0 Å². The Bertz CT molecular complexity index is 3430. The van der Waals surface area contributed by atoms with E-state index in [0.717, 1.165) is 106 Å². The summed E-state index contributed by atoms with van der Waals surface area (Å²) in [7, 11) is 0. The van der Waals surface area contributed by atoms with Gasteiger partial charge >= 0.3 is 5.97 Å². The van der Waals surface area contributed by atoms with Crippen LogP contribution in [0.25, 0.3) is 22.3 Å². The second-order valence-corrected chi connectivity index (χ2v) is 16.5. The van der Waals surface area contributed by atoms with Gasteiger partial charge in [-0.25, -0.2) is 9.98 Å². The van der Waals surface area contributed by atoms with Gasteiger partial charge in [-0.05, 0) is 75.4 Å². The molecule has 0 saturated carbocycles. The highest BCUT2D eigenvalue weighted by Gasteiger charge is 2.30. The number of nitrogens with one attached hydrogen (secondary N) is 1. The number of hydrogen-bond donors (Lipinski definition) is 1. The van der Waals surface area contributed by atoms with Gasteiger partial charge in [0.05, 0.1) is 28.5 Å². The average Bonchev–Trinajstić information content (AvgIpc) is 4.21. The molecule has 5 heterocycles. The topological polar surface area (TPSA) is 71.7 Å². The van der Waals surface area contributed by atoms with Crippen LogP contribution in [-0.4, -0.2) is 26.9 Å². The fourth-order valence-electron chi connectivity index (χ4n) is 9.25. The van der Waals surface area contributed by atoms with Crippen LogP contribution in [-0.2, 0) is 29.1 Å². The zero-order chi connectivity index (χ0) is 44.2. The number of carbonyl (C=O) groups excluding carboxylic acids is 1. The summed E-state index contributed by atoms with van der Waals surface area (Å²) < 4.78 is 8.14. The van der Waals surface area contributed by atoms with Crippen LogP contribution in [0.5, 0.6) is 0 Å². The first-order valence-electron chi connectivity index (χ1n) is 22.3. The lowest BCUT2D eigenvalue weighted by Gasteiger charge is -2.18. The Morgan fingerprint density at radius 3 is 1.39 bits per heavy atom. The van der Waals surface area contributed by atoms with E-state index in [0.29, 0.717) is 6.42 Å². The molecular formula is C60H44N4O2. The highest BCUT2D eigenvalue weighted by Crippen LogP contribution is 2.42. The van der Waals surface area contributed by atoms with E-state index >= 15 is 0 Å². The molecule has 3 aliphatic heterocycles. The number of rotatable bonds is 10. The molecule has 0 aliphatic carbocycles. The maximum atomic E-state index is 14.3. The van der Waals surface area contributed by atoms with Crippen molar-refractivity contribution in [2.45, 2.75) is 19.6 Å². The van der Waals surface area contributed by atoms with E-state index in [9.17, 15) is 4.79 Å². The van der Waals surface area contributed by atoms with Crippen molar-refractivity contribution in [2.24, 2.45) is 9.98 Å². The number of allylic oxidation sites excluding steroid dienone is 4. The lowest BCUT2D eigenvalue weighted by molar-refractivity contribution is -0.145. The van der Waals surface area contributed by atoms with Crippen molar-refractivity contribution < 1.29 is 9.53 Å². The van der Waals surface area contributed by atoms with E-state index in [1.165, 1.54) is 0 Å². The predicted octanol–water partition coefficient (Wildman–Crippen LogP) is 10.8. The molecule has 6 aromatic carbocycles. The van der Waals surface area contributed by atoms with Crippen LogP contribution in [0, 0.1) is 0 Å². The van der Waals surface area contributed by atoms with E-state index < -0.39 is 0 Å². The Kier molecular flexibility index (Phi) is 10.9. The first kappa shape index (κ1) is 40.2. The Labute approximate surface area is 383 Å². The quantitative estimate of drug-likeness (QED) is 0.139. The second-order valence-electron chi connectivity index (χ2n) is 16.5. The number of ether oxygens (including phenoxy) is 1. The summed E-state index contributed by atoms with van der Waals surface area (Å²) >= 11 is 0. The van der Waals surface area contributed by atoms with Gasteiger partial charge in [-0.1, -0.05) is 182 Å². The fraction of sp³-hybridized carbons (Fsp3) is 0.0500. The highest BCUT2D eigenvalue weighted by molar-refractivity contribution is 6.31. The summed E-state index contributed by atoms with van der Waals surface area (Å²) in [6, 6.07) is 66.4. The third kappa shape index (κ3) is 7.97. The van der Waals surface area contributed by atoms with Crippen molar-refractivity contribution in [3.05, 3.63) is 297 Å². The van der Waals surface area contributed by atoms with Crippen molar-refractivity contribution in [1.82, 2.24) is 9.55 Å². The van der Waals surface area contributed by atoms with Crippen LogP contribution in [0.3, 0.4) is 0 Å². The van der Waals surface area contributed by atoms with Gasteiger partial charge in [-0.2, -0.15) is 0 Å². The number of aliphatic imine (C=N–C) groups is 2. The van der Waals surface area contributed by atoms with E-state index in [1.807, 2.05) is 60.7 Å². The Morgan fingerprint density at radius 2 is 0.894 bits per heavy atom. The molecular weight excluding hydrogens is 809 g/mol. The van der Waals surface area contributed by atoms with Crippen molar-refractivity contribution >= 4 is 39.7 Å². The van der Waals surface area contributed by atoms with Gasteiger partial charge in [0.15, 0.2) is 0 Å². The summed E-state index contributed by atoms with van der Waals surface area (Å²) in [6.45, 7) is 0.136. The minimum absolute atomic E-state index is 0.0338. The molecule has 0 atom stereocenters. The first-order valence-corrected chi connectivity index (χ1v) is 22.3. The third-order valence-corrected chi connectivity index (χ3v) is 12.2. The monoisotopic (exact) mass is 852 g/mol. The Morgan fingerprint density at radius 1 is 0.470 bits per heavy atom. The molecule has 11 rings (SSSR count). The summed E-state index contributed by atoms with van der Waals surface area (Å²) in [5, 5.41) is 1.88. The van der Waals surface area contributed by atoms with Crippen LogP contribution in [0.2, 0.25) is 0 Å². The van der Waals surface area contributed by atoms with Crippen LogP contribution in [0.4, 0.5) is 0 Å². The molecule has 8 aromatic rings. The summed E-state index contributed by atoms with van der Waals surface area (Å²) in [4.78, 5) is 29.3. The number of benzene rings is 6. The molecule has 6 nitrogen and oxygen atoms in total. The maximum absolute atomic E-state index is 14.3. The van der Waals surface area contributed by atoms with Crippen molar-refractivity contribution in [3.8, 4) is 0 Å². The molecule has 0 fully saturated rings. The van der Waals surface area contributed by atoms with E-state index in [1.54, 1.807) is 0 Å². The molecule has 0 spiro atoms. The molecule has 66 heavy (non-hydrogen) atoms. The molecule has 0 saturated heterocycles. The van der Waals surface area contributed by atoms with Crippen LogP contribution in [0.1, 0.15) is 50.2 Å². The number of aromatic amines is 1. The van der Waals surface area contributed by atoms with Crippen molar-refractivity contribution in [1.29, 1.82) is 0 Å². The lowest BCUT2D eigenvalue weighted by Crippen LogP contribution is -2.21. The smallest absolute Gasteiger partial charge is 0.326 e. The van der Waals surface area contributed by atoms with Gasteiger partial charge in [0.2, 0.25) is 0 Å². The predicted molar refractivity (Wildman–Crippen MR) is 266 cm³/mol. The molecule has 0 unspecified atom stereocenters. The zero-order valence-corrected chi connectivity index (χ0v) is 36.1. The standard InChI is InChI=1S/C60H44N4O2/c65-55(66-40-42-21-9-2-10-22-42)39-64-38-48-47(37-41-19-7-1-8-20-41)60(64)59(46-29-17-6-18-30-46)54-36-35-53(63-54)58(45-27-15-5-16-28-45)52-34-33-51(62-52)57(44-25-13-4-14-26-44)50-32-31-49(61-50)56(48)43-23-11-3-12-24-43/h1-36,38,62H,37,39-40H2. The van der Waals surface area contributed by atoms with E-state index in [4.69, 9.17) is 14.7 Å². The molecule has 0 radical (unpaired) electrons. The lowest BCUT2D eigenvalue weighted by atomic mass is 9.88. The molecule has 0 amide bonds. The number of hydrogen-bond acceptors (Lipinski definition) is 4. The normalized spacial score (nSPS) is 14.2. The van der Waals surface area contributed by atoms with E-state index in [2.05, 4.69) is 174 Å². The summed E-state index contributed by atoms with van der Waals surface area (Å²) in [6.07, 6.45) is 11.2. The molecule has 2 aromatic heterocycles. The molecule has 6 heteroatoms. The van der Waals surface area contributed by atoms with Gasteiger partial charge < -0.3 is 14.3 Å². The number of esters is 1. The Balaban J connectivity index is 1.27. The molecule has 3 aliphatic rings. The number of fused-ring (bicyclic) bond motifs is 6. The van der Waals surface area contributed by atoms with Crippen LogP contribution >= 0.6 is 0 Å². The maximum Gasteiger partial charge on any atom is 0.326 e. The van der Waals surface area contributed by atoms with Gasteiger partial charge in [0, 0.05) is 51.2 Å². The SMILES string of the molecule is O=C(Cn1cc2c(Cc3ccccc3)c1C(c1ccccc1)=C1C=CC(=N1)C(c1ccccc1)=c1ccc([nH]1)=C(c1ccccc1)C1=NC(=C2c2ccccc2)C=C1)OCc1ccccc1. The van der Waals surface area contributed by atoms with Gasteiger partial charge in [-0.3, -0.25) is 4.79 Å². The van der Waals surface area contributed by atoms with Crippen LogP contribution in [0.15, 0.2) is 246 Å². The number of nitrogens with zero attached hydrogens (tertiary/aromatic N) is 3.